The molecule has 2 aromatic carbocycles. The molecule has 1 amide bonds. The van der Waals surface area contributed by atoms with E-state index in [0.717, 1.165) is 24.3 Å². The third-order valence-electron chi connectivity index (χ3n) is 3.57. The Balaban J connectivity index is 2.01. The zero-order chi connectivity index (χ0) is 17.5. The van der Waals surface area contributed by atoms with Crippen molar-refractivity contribution in [2.24, 2.45) is 5.10 Å². The number of nitrogens with zero attached hydrogens (tertiary/aromatic N) is 2. The molecule has 0 aromatic heterocycles. The molecule has 0 aliphatic carbocycles. The third kappa shape index (κ3) is 4.73. The highest BCUT2D eigenvalue weighted by atomic mass is 35.5. The molecule has 126 valence electrons. The van der Waals surface area contributed by atoms with E-state index in [1.807, 2.05) is 24.3 Å². The standard InChI is InChI=1S/C18H19Cl2N3O/c1-3-23(4-2)15-8-5-13(6-9-15)12-21-22-18(24)16-11-14(19)7-10-17(16)20/h5-12H,3-4H2,1-2H3,(H,22,24)/b21-12-. The van der Waals surface area contributed by atoms with Crippen LogP contribution >= 0.6 is 23.2 Å². The first-order valence-corrected chi connectivity index (χ1v) is 8.44. The van der Waals surface area contributed by atoms with Gasteiger partial charge >= 0.3 is 0 Å². The number of carbonyl (C=O) groups is 1. The van der Waals surface area contributed by atoms with E-state index in [0.29, 0.717) is 10.0 Å². The van der Waals surface area contributed by atoms with Crippen LogP contribution in [0.15, 0.2) is 47.6 Å². The Morgan fingerprint density at radius 1 is 1.12 bits per heavy atom. The van der Waals surface area contributed by atoms with Crippen molar-refractivity contribution in [3.05, 3.63) is 63.6 Å². The number of rotatable bonds is 6. The van der Waals surface area contributed by atoms with Crippen molar-refractivity contribution in [2.75, 3.05) is 18.0 Å². The van der Waals surface area contributed by atoms with E-state index in [9.17, 15) is 4.79 Å². The molecule has 0 aliphatic heterocycles. The maximum absolute atomic E-state index is 12.1. The lowest BCUT2D eigenvalue weighted by molar-refractivity contribution is 0.0955. The summed E-state index contributed by atoms with van der Waals surface area (Å²) >= 11 is 11.9. The first-order valence-electron chi connectivity index (χ1n) is 7.68. The summed E-state index contributed by atoms with van der Waals surface area (Å²) in [5.74, 6) is -0.404. The van der Waals surface area contributed by atoms with Crippen molar-refractivity contribution in [1.29, 1.82) is 0 Å². The number of hydrazone groups is 1. The minimum absolute atomic E-state index is 0.290. The van der Waals surface area contributed by atoms with E-state index >= 15 is 0 Å². The summed E-state index contributed by atoms with van der Waals surface area (Å²) < 4.78 is 0. The average molecular weight is 364 g/mol. The summed E-state index contributed by atoms with van der Waals surface area (Å²) in [5.41, 5.74) is 4.79. The molecule has 0 radical (unpaired) electrons. The fourth-order valence-corrected chi connectivity index (χ4v) is 2.63. The summed E-state index contributed by atoms with van der Waals surface area (Å²) in [7, 11) is 0. The highest BCUT2D eigenvalue weighted by Gasteiger charge is 2.09. The minimum Gasteiger partial charge on any atom is -0.372 e. The van der Waals surface area contributed by atoms with Gasteiger partial charge in [0.1, 0.15) is 0 Å². The molecule has 24 heavy (non-hydrogen) atoms. The molecule has 1 N–H and O–H groups in total. The van der Waals surface area contributed by atoms with Gasteiger partial charge in [0.25, 0.3) is 5.91 Å². The van der Waals surface area contributed by atoms with E-state index in [2.05, 4.69) is 29.3 Å². The monoisotopic (exact) mass is 363 g/mol. The van der Waals surface area contributed by atoms with E-state index in [4.69, 9.17) is 23.2 Å². The quantitative estimate of drug-likeness (QED) is 0.601. The van der Waals surface area contributed by atoms with Crippen LogP contribution in [0.3, 0.4) is 0 Å². The van der Waals surface area contributed by atoms with Crippen molar-refractivity contribution in [3.8, 4) is 0 Å². The summed E-state index contributed by atoms with van der Waals surface area (Å²) in [5, 5.41) is 4.74. The maximum Gasteiger partial charge on any atom is 0.272 e. The maximum atomic E-state index is 12.1. The van der Waals surface area contributed by atoms with E-state index in [-0.39, 0.29) is 5.56 Å². The van der Waals surface area contributed by atoms with Gasteiger partial charge in [0.15, 0.2) is 0 Å². The number of amides is 1. The van der Waals surface area contributed by atoms with Crippen LogP contribution < -0.4 is 10.3 Å². The molecule has 0 atom stereocenters. The normalized spacial score (nSPS) is 10.8. The molecule has 0 aliphatic rings. The van der Waals surface area contributed by atoms with Crippen LogP contribution in [0.1, 0.15) is 29.8 Å². The number of hydrogen-bond donors (Lipinski definition) is 1. The predicted octanol–water partition coefficient (Wildman–Crippen LogP) is 4.60. The topological polar surface area (TPSA) is 44.7 Å². The zero-order valence-corrected chi connectivity index (χ0v) is 15.1. The Morgan fingerprint density at radius 2 is 1.79 bits per heavy atom. The van der Waals surface area contributed by atoms with Gasteiger partial charge < -0.3 is 4.90 Å². The molecule has 6 heteroatoms. The highest BCUT2D eigenvalue weighted by molar-refractivity contribution is 6.35. The number of benzene rings is 2. The molecule has 0 bridgehead atoms. The number of nitrogens with one attached hydrogen (secondary N) is 1. The van der Waals surface area contributed by atoms with Crippen molar-refractivity contribution in [2.45, 2.75) is 13.8 Å². The van der Waals surface area contributed by atoms with Gasteiger partial charge in [-0.1, -0.05) is 35.3 Å². The molecule has 0 saturated carbocycles. The second kappa shape index (κ2) is 8.71. The van der Waals surface area contributed by atoms with Gasteiger partial charge in [-0.05, 0) is 49.7 Å². The van der Waals surface area contributed by atoms with Crippen LogP contribution in [0.5, 0.6) is 0 Å². The largest absolute Gasteiger partial charge is 0.372 e. The van der Waals surface area contributed by atoms with Crippen molar-refractivity contribution >= 4 is 41.0 Å². The first kappa shape index (κ1) is 18.3. The smallest absolute Gasteiger partial charge is 0.272 e. The van der Waals surface area contributed by atoms with Gasteiger partial charge in [-0.3, -0.25) is 4.79 Å². The molecule has 2 rings (SSSR count). The summed E-state index contributed by atoms with van der Waals surface area (Å²) in [6, 6.07) is 12.7. The zero-order valence-electron chi connectivity index (χ0n) is 13.6. The van der Waals surface area contributed by atoms with Crippen LogP contribution in [0.2, 0.25) is 10.0 Å². The molecule has 0 spiro atoms. The molecule has 4 nitrogen and oxygen atoms in total. The second-order valence-electron chi connectivity index (χ2n) is 5.09. The molecular weight excluding hydrogens is 345 g/mol. The molecule has 0 saturated heterocycles. The summed E-state index contributed by atoms with van der Waals surface area (Å²) in [6.45, 7) is 6.16. The molecule has 0 heterocycles. The molecule has 0 fully saturated rings. The lowest BCUT2D eigenvalue weighted by atomic mass is 10.2. The van der Waals surface area contributed by atoms with Crippen LogP contribution in [0.4, 0.5) is 5.69 Å². The molecular formula is C18H19Cl2N3O. The number of anilines is 1. The van der Waals surface area contributed by atoms with Gasteiger partial charge in [0, 0.05) is 23.8 Å². The Hall–Kier alpha value is -2.04. The van der Waals surface area contributed by atoms with Crippen molar-refractivity contribution in [1.82, 2.24) is 5.43 Å². The Labute approximate surface area is 152 Å². The van der Waals surface area contributed by atoms with E-state index < -0.39 is 5.91 Å². The Bertz CT molecular complexity index is 726. The average Bonchev–Trinajstić information content (AvgIpc) is 2.59. The lowest BCUT2D eigenvalue weighted by Crippen LogP contribution is -2.21. The second-order valence-corrected chi connectivity index (χ2v) is 5.93. The molecule has 0 unspecified atom stereocenters. The van der Waals surface area contributed by atoms with Crippen LogP contribution in [0.25, 0.3) is 0 Å². The van der Waals surface area contributed by atoms with Gasteiger partial charge in [-0.15, -0.1) is 0 Å². The summed E-state index contributed by atoms with van der Waals surface area (Å²) in [6.07, 6.45) is 1.59. The number of hydrogen-bond acceptors (Lipinski definition) is 3. The minimum atomic E-state index is -0.404. The van der Waals surface area contributed by atoms with Crippen LogP contribution in [-0.2, 0) is 0 Å². The van der Waals surface area contributed by atoms with Gasteiger partial charge in [0.05, 0.1) is 16.8 Å². The van der Waals surface area contributed by atoms with Gasteiger partial charge in [0.2, 0.25) is 0 Å². The highest BCUT2D eigenvalue weighted by Crippen LogP contribution is 2.20. The Kier molecular flexibility index (Phi) is 6.64. The van der Waals surface area contributed by atoms with Gasteiger partial charge in [-0.25, -0.2) is 5.43 Å². The SMILES string of the molecule is CCN(CC)c1ccc(/C=N\NC(=O)c2cc(Cl)ccc2Cl)cc1. The first-order chi connectivity index (χ1) is 11.5. The number of carbonyl (C=O) groups excluding carboxylic acids is 1. The fourth-order valence-electron chi connectivity index (χ4n) is 2.26. The lowest BCUT2D eigenvalue weighted by Gasteiger charge is -2.20. The van der Waals surface area contributed by atoms with Crippen LogP contribution in [0, 0.1) is 0 Å². The molecule has 2 aromatic rings. The van der Waals surface area contributed by atoms with Gasteiger partial charge in [-0.2, -0.15) is 5.10 Å². The third-order valence-corrected chi connectivity index (χ3v) is 4.14. The Morgan fingerprint density at radius 3 is 2.42 bits per heavy atom. The fraction of sp³-hybridized carbons (Fsp3) is 0.222. The van der Waals surface area contributed by atoms with Crippen LogP contribution in [-0.4, -0.2) is 25.2 Å². The predicted molar refractivity (Wildman–Crippen MR) is 102 cm³/mol. The van der Waals surface area contributed by atoms with Crippen molar-refractivity contribution < 1.29 is 4.79 Å². The van der Waals surface area contributed by atoms with Crippen molar-refractivity contribution in [3.63, 3.8) is 0 Å². The van der Waals surface area contributed by atoms with E-state index in [1.165, 1.54) is 6.07 Å². The number of halogens is 2. The van der Waals surface area contributed by atoms with E-state index in [1.54, 1.807) is 18.3 Å². The summed E-state index contributed by atoms with van der Waals surface area (Å²) in [4.78, 5) is 14.3.